The minimum Gasteiger partial charge on any atom is -0.383 e. The average molecular weight is 271 g/mol. The number of nitrogen functional groups attached to an aromatic ring is 1. The normalized spacial score (nSPS) is 19.5. The molecule has 0 atom stereocenters. The topological polar surface area (TPSA) is 55.0 Å². The van der Waals surface area contributed by atoms with E-state index in [-0.39, 0.29) is 5.54 Å². The first-order valence-corrected chi connectivity index (χ1v) is 5.85. The molecule has 1 fully saturated rings. The maximum absolute atomic E-state index is 5.75. The highest BCUT2D eigenvalue weighted by Crippen LogP contribution is 2.37. The molecule has 1 aromatic heterocycles. The molecule has 0 radical (unpaired) electrons. The highest BCUT2D eigenvalue weighted by Gasteiger charge is 2.34. The lowest BCUT2D eigenvalue weighted by atomic mass is 10.0. The van der Waals surface area contributed by atoms with Crippen molar-refractivity contribution in [3.8, 4) is 0 Å². The van der Waals surface area contributed by atoms with Crippen LogP contribution in [-0.4, -0.2) is 22.1 Å². The van der Waals surface area contributed by atoms with Crippen molar-refractivity contribution in [2.75, 3.05) is 17.2 Å². The van der Waals surface area contributed by atoms with E-state index in [1.165, 1.54) is 19.2 Å². The molecular weight excluding hydrogens is 256 g/mol. The Hall–Kier alpha value is -0.840. The summed E-state index contributed by atoms with van der Waals surface area (Å²) < 4.78 is 0.806. The second kappa shape index (κ2) is 3.63. The second-order valence-electron chi connectivity index (χ2n) is 4.46. The monoisotopic (exact) mass is 270 g/mol. The van der Waals surface area contributed by atoms with Gasteiger partial charge in [-0.25, -0.2) is 9.97 Å². The van der Waals surface area contributed by atoms with Crippen LogP contribution in [0.4, 0.5) is 11.6 Å². The summed E-state index contributed by atoms with van der Waals surface area (Å²) in [6.45, 7) is 5.48. The van der Waals surface area contributed by atoms with Gasteiger partial charge in [0.1, 0.15) is 22.4 Å². The van der Waals surface area contributed by atoms with Gasteiger partial charge in [0.25, 0.3) is 0 Å². The lowest BCUT2D eigenvalue weighted by molar-refractivity contribution is 0.513. The van der Waals surface area contributed by atoms with Gasteiger partial charge in [-0.1, -0.05) is 0 Å². The van der Waals surface area contributed by atoms with Crippen molar-refractivity contribution in [1.29, 1.82) is 0 Å². The van der Waals surface area contributed by atoms with Crippen LogP contribution in [0, 0.1) is 0 Å². The molecule has 0 unspecified atom stereocenters. The highest BCUT2D eigenvalue weighted by atomic mass is 79.9. The molecule has 4 nitrogen and oxygen atoms in total. The predicted molar refractivity (Wildman–Crippen MR) is 64.8 cm³/mol. The number of halogens is 1. The summed E-state index contributed by atoms with van der Waals surface area (Å²) >= 11 is 3.45. The van der Waals surface area contributed by atoms with E-state index in [0.717, 1.165) is 16.8 Å². The van der Waals surface area contributed by atoms with Crippen LogP contribution in [0.1, 0.15) is 26.7 Å². The summed E-state index contributed by atoms with van der Waals surface area (Å²) in [5, 5.41) is 0. The maximum Gasteiger partial charge on any atom is 0.148 e. The van der Waals surface area contributed by atoms with Gasteiger partial charge in [-0.15, -0.1) is 0 Å². The van der Waals surface area contributed by atoms with Crippen molar-refractivity contribution in [3.63, 3.8) is 0 Å². The van der Waals surface area contributed by atoms with Crippen molar-refractivity contribution >= 4 is 27.6 Å². The molecule has 1 saturated heterocycles. The Kier molecular flexibility index (Phi) is 2.58. The molecule has 2 heterocycles. The molecule has 82 valence electrons. The van der Waals surface area contributed by atoms with Gasteiger partial charge in [0.05, 0.1) is 0 Å². The van der Waals surface area contributed by atoms with E-state index < -0.39 is 0 Å². The Labute approximate surface area is 98.0 Å². The van der Waals surface area contributed by atoms with Crippen LogP contribution in [0.3, 0.4) is 0 Å². The van der Waals surface area contributed by atoms with Gasteiger partial charge in [0.2, 0.25) is 0 Å². The smallest absolute Gasteiger partial charge is 0.148 e. The van der Waals surface area contributed by atoms with Gasteiger partial charge in [0, 0.05) is 12.1 Å². The molecule has 1 aliphatic heterocycles. The Balaban J connectivity index is 2.41. The SMILES string of the molecule is CC1(C)CCCN1c1ncnc(N)c1Br. The maximum atomic E-state index is 5.75. The van der Waals surface area contributed by atoms with E-state index in [0.29, 0.717) is 5.82 Å². The van der Waals surface area contributed by atoms with E-state index in [1.54, 1.807) is 0 Å². The Bertz CT molecular complexity index is 378. The summed E-state index contributed by atoms with van der Waals surface area (Å²) in [6.07, 6.45) is 3.90. The molecule has 1 aliphatic rings. The molecule has 5 heteroatoms. The Morgan fingerprint density at radius 3 is 2.80 bits per heavy atom. The minimum absolute atomic E-state index is 0.156. The quantitative estimate of drug-likeness (QED) is 0.850. The average Bonchev–Trinajstić information content (AvgIpc) is 2.50. The zero-order valence-electron chi connectivity index (χ0n) is 9.00. The van der Waals surface area contributed by atoms with Gasteiger partial charge in [0.15, 0.2) is 0 Å². The molecule has 1 aromatic rings. The van der Waals surface area contributed by atoms with Crippen molar-refractivity contribution in [2.24, 2.45) is 0 Å². The molecule has 2 N–H and O–H groups in total. The van der Waals surface area contributed by atoms with E-state index in [9.17, 15) is 0 Å². The fourth-order valence-corrected chi connectivity index (χ4v) is 2.48. The van der Waals surface area contributed by atoms with Crippen LogP contribution in [0.15, 0.2) is 10.8 Å². The third kappa shape index (κ3) is 1.80. The summed E-state index contributed by atoms with van der Waals surface area (Å²) in [5.41, 5.74) is 5.91. The number of anilines is 2. The van der Waals surface area contributed by atoms with Crippen molar-refractivity contribution in [1.82, 2.24) is 9.97 Å². The molecule has 0 saturated carbocycles. The van der Waals surface area contributed by atoms with Crippen molar-refractivity contribution in [3.05, 3.63) is 10.8 Å². The molecule has 0 amide bonds. The van der Waals surface area contributed by atoms with Crippen LogP contribution >= 0.6 is 15.9 Å². The Morgan fingerprint density at radius 1 is 1.47 bits per heavy atom. The molecule has 2 rings (SSSR count). The first kappa shape index (κ1) is 10.7. The number of nitrogens with zero attached hydrogens (tertiary/aromatic N) is 3. The molecule has 15 heavy (non-hydrogen) atoms. The summed E-state index contributed by atoms with van der Waals surface area (Å²) in [6, 6.07) is 0. The molecular formula is C10H15BrN4. The van der Waals surface area contributed by atoms with E-state index in [2.05, 4.69) is 44.6 Å². The standard InChI is InChI=1S/C10H15BrN4/c1-10(2)4-3-5-15(10)9-7(11)8(12)13-6-14-9/h6H,3-5H2,1-2H3,(H2,12,13,14). The first-order chi connectivity index (χ1) is 7.02. The van der Waals surface area contributed by atoms with Gasteiger partial charge in [-0.2, -0.15) is 0 Å². The van der Waals surface area contributed by atoms with E-state index in [4.69, 9.17) is 5.73 Å². The number of hydrogen-bond acceptors (Lipinski definition) is 4. The third-order valence-electron chi connectivity index (χ3n) is 2.95. The second-order valence-corrected chi connectivity index (χ2v) is 5.26. The fraction of sp³-hybridized carbons (Fsp3) is 0.600. The van der Waals surface area contributed by atoms with Crippen LogP contribution in [0.5, 0.6) is 0 Å². The van der Waals surface area contributed by atoms with Crippen molar-refractivity contribution < 1.29 is 0 Å². The van der Waals surface area contributed by atoms with Crippen molar-refractivity contribution in [2.45, 2.75) is 32.2 Å². The number of rotatable bonds is 1. The number of aromatic nitrogens is 2. The summed E-state index contributed by atoms with van der Waals surface area (Å²) in [7, 11) is 0. The Morgan fingerprint density at radius 2 is 2.20 bits per heavy atom. The van der Waals surface area contributed by atoms with Gasteiger partial charge >= 0.3 is 0 Å². The van der Waals surface area contributed by atoms with Gasteiger partial charge in [-0.05, 0) is 42.6 Å². The third-order valence-corrected chi connectivity index (χ3v) is 3.72. The van der Waals surface area contributed by atoms with Crippen LogP contribution in [-0.2, 0) is 0 Å². The van der Waals surface area contributed by atoms with Crippen LogP contribution < -0.4 is 10.6 Å². The lowest BCUT2D eigenvalue weighted by Crippen LogP contribution is -2.39. The molecule has 0 aromatic carbocycles. The zero-order valence-corrected chi connectivity index (χ0v) is 10.6. The predicted octanol–water partition coefficient (Wildman–Crippen LogP) is 2.20. The first-order valence-electron chi connectivity index (χ1n) is 5.06. The highest BCUT2D eigenvalue weighted by molar-refractivity contribution is 9.10. The fourth-order valence-electron chi connectivity index (χ4n) is 2.06. The number of hydrogen-bond donors (Lipinski definition) is 1. The zero-order chi connectivity index (χ0) is 11.1. The van der Waals surface area contributed by atoms with Crippen LogP contribution in [0.25, 0.3) is 0 Å². The number of nitrogens with two attached hydrogens (primary N) is 1. The molecule has 0 spiro atoms. The largest absolute Gasteiger partial charge is 0.383 e. The van der Waals surface area contributed by atoms with E-state index in [1.807, 2.05) is 0 Å². The minimum atomic E-state index is 0.156. The summed E-state index contributed by atoms with van der Waals surface area (Å²) in [4.78, 5) is 10.5. The van der Waals surface area contributed by atoms with E-state index >= 15 is 0 Å². The van der Waals surface area contributed by atoms with Gasteiger partial charge in [-0.3, -0.25) is 0 Å². The molecule has 0 aliphatic carbocycles. The molecule has 0 bridgehead atoms. The summed E-state index contributed by atoms with van der Waals surface area (Å²) in [5.74, 6) is 1.41. The lowest BCUT2D eigenvalue weighted by Gasteiger charge is -2.33. The van der Waals surface area contributed by atoms with Crippen LogP contribution in [0.2, 0.25) is 0 Å². The van der Waals surface area contributed by atoms with Gasteiger partial charge < -0.3 is 10.6 Å².